The summed E-state index contributed by atoms with van der Waals surface area (Å²) >= 11 is 1.08. The van der Waals surface area contributed by atoms with Gasteiger partial charge in [0.05, 0.1) is 30.4 Å². The topological polar surface area (TPSA) is 97.3 Å². The van der Waals surface area contributed by atoms with Crippen LogP contribution in [-0.2, 0) is 17.4 Å². The van der Waals surface area contributed by atoms with Crippen LogP contribution >= 0.6 is 11.3 Å². The maximum absolute atomic E-state index is 13.5. The number of methoxy groups -OCH3 is 1. The van der Waals surface area contributed by atoms with Crippen molar-refractivity contribution in [2.75, 3.05) is 26.5 Å². The number of nitrogens with one attached hydrogen (secondary N) is 1. The molecule has 8 nitrogen and oxygen atoms in total. The Kier molecular flexibility index (Phi) is 7.45. The van der Waals surface area contributed by atoms with E-state index < -0.39 is 17.6 Å². The van der Waals surface area contributed by atoms with Crippen LogP contribution in [0.1, 0.15) is 39.5 Å². The summed E-state index contributed by atoms with van der Waals surface area (Å²) in [6, 6.07) is 4.39. The average molecular weight is 530 g/mol. The molecule has 0 unspecified atom stereocenters. The van der Waals surface area contributed by atoms with E-state index in [9.17, 15) is 22.8 Å². The van der Waals surface area contributed by atoms with Crippen LogP contribution in [0.4, 0.5) is 18.3 Å². The lowest BCUT2D eigenvalue weighted by Crippen LogP contribution is -2.24. The average Bonchev–Trinajstić information content (AvgIpc) is 3.59. The van der Waals surface area contributed by atoms with Crippen LogP contribution in [0.25, 0.3) is 11.1 Å². The summed E-state index contributed by atoms with van der Waals surface area (Å²) in [5.41, 5.74) is -0.523. The van der Waals surface area contributed by atoms with Crippen LogP contribution in [0.15, 0.2) is 30.5 Å². The van der Waals surface area contributed by atoms with Crippen molar-refractivity contribution >= 4 is 28.3 Å². The van der Waals surface area contributed by atoms with Gasteiger partial charge in [0.15, 0.2) is 5.01 Å². The molecule has 1 aliphatic rings. The van der Waals surface area contributed by atoms with E-state index in [1.165, 1.54) is 30.3 Å². The van der Waals surface area contributed by atoms with E-state index in [2.05, 4.69) is 32.3 Å². The summed E-state index contributed by atoms with van der Waals surface area (Å²) in [4.78, 5) is 31.0. The molecule has 0 saturated heterocycles. The summed E-state index contributed by atoms with van der Waals surface area (Å²) in [7, 11) is 4.47. The Morgan fingerprint density at radius 1 is 1.19 bits per heavy atom. The molecule has 12 heteroatoms. The number of anilines is 1. The predicted octanol–water partition coefficient (Wildman–Crippen LogP) is 4.27. The zero-order chi connectivity index (χ0) is 26.7. The second kappa shape index (κ2) is 10.6. The number of nitrogens with zero attached hydrogens (tertiary/aromatic N) is 4. The van der Waals surface area contributed by atoms with Crippen molar-refractivity contribution in [2.24, 2.45) is 5.92 Å². The number of ether oxygens (including phenoxy) is 1. The van der Waals surface area contributed by atoms with Crippen molar-refractivity contribution < 1.29 is 27.5 Å². The molecule has 0 bridgehead atoms. The number of carbonyl (C=O) groups is 2. The number of pyridine rings is 1. The lowest BCUT2D eigenvalue weighted by Gasteiger charge is -2.17. The van der Waals surface area contributed by atoms with Crippen molar-refractivity contribution in [1.29, 1.82) is 0 Å². The van der Waals surface area contributed by atoms with Crippen LogP contribution in [0.5, 0.6) is 5.75 Å². The van der Waals surface area contributed by atoms with Crippen molar-refractivity contribution in [3.05, 3.63) is 52.3 Å². The second-order valence-electron chi connectivity index (χ2n) is 8.51. The van der Waals surface area contributed by atoms with Crippen LogP contribution in [0, 0.1) is 17.8 Å². The molecule has 1 aliphatic carbocycles. The molecule has 192 valence electrons. The van der Waals surface area contributed by atoms with E-state index in [-0.39, 0.29) is 45.6 Å². The van der Waals surface area contributed by atoms with Gasteiger partial charge in [-0.1, -0.05) is 17.3 Å². The third-order valence-electron chi connectivity index (χ3n) is 5.46. The van der Waals surface area contributed by atoms with Crippen molar-refractivity contribution in [3.63, 3.8) is 0 Å². The van der Waals surface area contributed by atoms with E-state index in [0.29, 0.717) is 10.9 Å². The lowest BCUT2D eigenvalue weighted by molar-refractivity contribution is -0.137. The summed E-state index contributed by atoms with van der Waals surface area (Å²) < 4.78 is 45.9. The number of halogens is 3. The van der Waals surface area contributed by atoms with Crippen LogP contribution < -0.4 is 10.1 Å². The molecule has 1 aromatic carbocycles. The Labute approximate surface area is 214 Å². The summed E-state index contributed by atoms with van der Waals surface area (Å²) in [6.07, 6.45) is -1.40. The molecular formula is C25H22F3N5O3S. The van der Waals surface area contributed by atoms with Gasteiger partial charge in [0, 0.05) is 37.3 Å². The van der Waals surface area contributed by atoms with Crippen molar-refractivity contribution in [1.82, 2.24) is 20.1 Å². The van der Waals surface area contributed by atoms with Gasteiger partial charge in [-0.2, -0.15) is 13.2 Å². The predicted molar refractivity (Wildman–Crippen MR) is 131 cm³/mol. The number of likely N-dealkylation sites (N-methyl/N-ethyl adjacent to an activating group) is 1. The van der Waals surface area contributed by atoms with E-state index in [0.717, 1.165) is 36.3 Å². The molecule has 0 radical (unpaired) electrons. The third kappa shape index (κ3) is 6.42. The van der Waals surface area contributed by atoms with Crippen LogP contribution in [-0.4, -0.2) is 53.1 Å². The smallest absolute Gasteiger partial charge is 0.416 e. The fourth-order valence-corrected chi connectivity index (χ4v) is 3.89. The van der Waals surface area contributed by atoms with Gasteiger partial charge in [0.25, 0.3) is 5.91 Å². The Morgan fingerprint density at radius 2 is 1.95 bits per heavy atom. The number of amides is 2. The summed E-state index contributed by atoms with van der Waals surface area (Å²) in [5.74, 6) is 5.54. The first kappa shape index (κ1) is 26.1. The first-order valence-corrected chi connectivity index (χ1v) is 12.0. The highest BCUT2D eigenvalue weighted by Crippen LogP contribution is 2.39. The van der Waals surface area contributed by atoms with Gasteiger partial charge >= 0.3 is 6.18 Å². The van der Waals surface area contributed by atoms with E-state index in [4.69, 9.17) is 4.74 Å². The highest BCUT2D eigenvalue weighted by atomic mass is 32.1. The Balaban J connectivity index is 1.74. The number of rotatable bonds is 6. The van der Waals surface area contributed by atoms with E-state index in [1.54, 1.807) is 14.1 Å². The molecule has 2 amide bonds. The Bertz CT molecular complexity index is 1400. The van der Waals surface area contributed by atoms with E-state index in [1.807, 2.05) is 0 Å². The molecule has 2 heterocycles. The maximum atomic E-state index is 13.5. The Morgan fingerprint density at radius 3 is 2.59 bits per heavy atom. The highest BCUT2D eigenvalue weighted by molar-refractivity contribution is 7.15. The molecule has 37 heavy (non-hydrogen) atoms. The fraction of sp³-hybridized carbons (Fsp3) is 0.320. The molecule has 1 fully saturated rings. The molecule has 3 aromatic rings. The molecule has 1 N–H and O–H groups in total. The molecule has 0 atom stereocenters. The standard InChI is InChI=1S/C25H22F3N5O3S/c1-33(2)22(34)12-16-11-17(18-10-15(25(26,27)28)7-8-20(18)36-3)19(13-29-16)23(35)30-24-32-31-21(37-24)9-6-14-4-5-14/h7-8,10-11,13-14H,4-5,12H2,1-3H3,(H,30,32,35). The molecule has 4 rings (SSSR count). The number of hydrogen-bond donors (Lipinski definition) is 1. The zero-order valence-electron chi connectivity index (χ0n) is 20.1. The minimum Gasteiger partial charge on any atom is -0.496 e. The number of hydrogen-bond acceptors (Lipinski definition) is 7. The van der Waals surface area contributed by atoms with Gasteiger partial charge in [-0.15, -0.1) is 10.2 Å². The minimum absolute atomic E-state index is 0.0247. The van der Waals surface area contributed by atoms with Gasteiger partial charge in [0.1, 0.15) is 5.75 Å². The Hall–Kier alpha value is -3.98. The SMILES string of the molecule is COc1ccc(C(F)(F)F)cc1-c1cc(CC(=O)N(C)C)ncc1C(=O)Nc1nnc(C#CC2CC2)s1. The van der Waals surface area contributed by atoms with Gasteiger partial charge in [-0.05, 0) is 43.0 Å². The second-order valence-corrected chi connectivity index (χ2v) is 9.49. The normalized spacial score (nSPS) is 12.9. The van der Waals surface area contributed by atoms with Gasteiger partial charge in [-0.25, -0.2) is 0 Å². The fourth-order valence-electron chi connectivity index (χ4n) is 3.29. The first-order chi connectivity index (χ1) is 17.5. The third-order valence-corrected chi connectivity index (χ3v) is 6.21. The van der Waals surface area contributed by atoms with Gasteiger partial charge in [0.2, 0.25) is 11.0 Å². The summed E-state index contributed by atoms with van der Waals surface area (Å²) in [6.45, 7) is 0. The number of carbonyl (C=O) groups excluding carboxylic acids is 2. The number of aromatic nitrogens is 3. The van der Waals surface area contributed by atoms with Crippen molar-refractivity contribution in [3.8, 4) is 28.7 Å². The monoisotopic (exact) mass is 529 g/mol. The zero-order valence-corrected chi connectivity index (χ0v) is 21.0. The van der Waals surface area contributed by atoms with Gasteiger partial charge < -0.3 is 9.64 Å². The molecule has 0 aliphatic heterocycles. The molecular weight excluding hydrogens is 507 g/mol. The first-order valence-electron chi connectivity index (χ1n) is 11.2. The van der Waals surface area contributed by atoms with Crippen LogP contribution in [0.3, 0.4) is 0 Å². The lowest BCUT2D eigenvalue weighted by atomic mass is 9.96. The quantitative estimate of drug-likeness (QED) is 0.479. The van der Waals surface area contributed by atoms with Gasteiger partial charge in [-0.3, -0.25) is 19.9 Å². The highest BCUT2D eigenvalue weighted by Gasteiger charge is 2.32. The number of alkyl halides is 3. The number of benzene rings is 1. The minimum atomic E-state index is -4.62. The van der Waals surface area contributed by atoms with E-state index >= 15 is 0 Å². The maximum Gasteiger partial charge on any atom is 0.416 e. The summed E-state index contributed by atoms with van der Waals surface area (Å²) in [5, 5.41) is 11.1. The van der Waals surface area contributed by atoms with Crippen LogP contribution in [0.2, 0.25) is 0 Å². The molecule has 0 spiro atoms. The molecule has 2 aromatic heterocycles. The largest absolute Gasteiger partial charge is 0.496 e. The molecule has 1 saturated carbocycles. The van der Waals surface area contributed by atoms with Crippen molar-refractivity contribution in [2.45, 2.75) is 25.4 Å².